The molecular weight excluding hydrogens is 342 g/mol. The van der Waals surface area contributed by atoms with E-state index in [1.54, 1.807) is 36.5 Å². The zero-order valence-corrected chi connectivity index (χ0v) is 13.9. The Bertz CT molecular complexity index is 780. The number of amides is 3. The predicted octanol–water partition coefficient (Wildman–Crippen LogP) is 1.99. The number of anilines is 1. The Morgan fingerprint density at radius 2 is 2.00 bits per heavy atom. The van der Waals surface area contributed by atoms with E-state index in [9.17, 15) is 14.4 Å². The molecule has 1 aliphatic heterocycles. The van der Waals surface area contributed by atoms with Gasteiger partial charge in [0.05, 0.1) is 5.25 Å². The van der Waals surface area contributed by atoms with E-state index in [1.165, 1.54) is 0 Å². The highest BCUT2D eigenvalue weighted by Gasteiger charge is 2.31. The highest BCUT2D eigenvalue weighted by molar-refractivity contribution is 8.15. The van der Waals surface area contributed by atoms with Crippen molar-refractivity contribution in [2.24, 2.45) is 0 Å². The molecule has 2 N–H and O–H groups in total. The van der Waals surface area contributed by atoms with Crippen LogP contribution >= 0.6 is 11.8 Å². The summed E-state index contributed by atoms with van der Waals surface area (Å²) in [5, 5.41) is 4.18. The number of carbonyl (C=O) groups excluding carboxylic acids is 3. The molecule has 1 aromatic carbocycles. The second-order valence-electron chi connectivity index (χ2n) is 5.28. The Hall–Kier alpha value is -2.87. The maximum atomic E-state index is 11.8. The molecule has 0 radical (unpaired) electrons. The van der Waals surface area contributed by atoms with Crippen molar-refractivity contribution in [1.29, 1.82) is 0 Å². The molecule has 0 saturated carbocycles. The van der Waals surface area contributed by atoms with Gasteiger partial charge < -0.3 is 10.1 Å². The summed E-state index contributed by atoms with van der Waals surface area (Å²) in [6, 6.07) is 12.3. The molecule has 0 spiro atoms. The van der Waals surface area contributed by atoms with Crippen molar-refractivity contribution in [1.82, 2.24) is 10.3 Å². The van der Waals surface area contributed by atoms with Crippen molar-refractivity contribution in [3.8, 4) is 5.75 Å². The Morgan fingerprint density at radius 3 is 2.64 bits per heavy atom. The molecule has 2 aromatic rings. The van der Waals surface area contributed by atoms with Crippen LogP contribution in [0.4, 0.5) is 10.6 Å². The number of pyridine rings is 1. The Morgan fingerprint density at radius 1 is 1.20 bits per heavy atom. The highest BCUT2D eigenvalue weighted by atomic mass is 32.2. The van der Waals surface area contributed by atoms with E-state index >= 15 is 0 Å². The molecule has 1 aromatic heterocycles. The molecule has 1 aliphatic rings. The summed E-state index contributed by atoms with van der Waals surface area (Å²) < 4.78 is 5.42. The lowest BCUT2D eigenvalue weighted by atomic mass is 10.1. The fraction of sp³-hybridized carbons (Fsp3) is 0.176. The number of imide groups is 1. The number of thioether (sulfide) groups is 1. The van der Waals surface area contributed by atoms with Crippen LogP contribution in [0.15, 0.2) is 48.7 Å². The Balaban J connectivity index is 1.48. The van der Waals surface area contributed by atoms with Crippen LogP contribution in [0.2, 0.25) is 0 Å². The molecule has 1 unspecified atom stereocenters. The first-order chi connectivity index (χ1) is 12.1. The third-order valence-electron chi connectivity index (χ3n) is 3.41. The smallest absolute Gasteiger partial charge is 0.286 e. The first-order valence-electron chi connectivity index (χ1n) is 7.54. The highest BCUT2D eigenvalue weighted by Crippen LogP contribution is 2.23. The van der Waals surface area contributed by atoms with Gasteiger partial charge in [-0.25, -0.2) is 4.98 Å². The van der Waals surface area contributed by atoms with E-state index in [4.69, 9.17) is 4.74 Å². The summed E-state index contributed by atoms with van der Waals surface area (Å²) in [6.45, 7) is -0.134. The maximum absolute atomic E-state index is 11.8. The molecule has 3 amide bonds. The first kappa shape index (κ1) is 17.0. The van der Waals surface area contributed by atoms with Crippen molar-refractivity contribution in [3.05, 3.63) is 54.2 Å². The molecule has 0 bridgehead atoms. The number of benzene rings is 1. The molecular formula is C17H15N3O4S. The van der Waals surface area contributed by atoms with Gasteiger partial charge >= 0.3 is 0 Å². The van der Waals surface area contributed by atoms with Crippen molar-refractivity contribution >= 4 is 34.6 Å². The van der Waals surface area contributed by atoms with Crippen molar-refractivity contribution in [2.75, 3.05) is 11.9 Å². The Labute approximate surface area is 148 Å². The van der Waals surface area contributed by atoms with Gasteiger partial charge in [-0.05, 0) is 36.2 Å². The van der Waals surface area contributed by atoms with Crippen LogP contribution in [-0.2, 0) is 16.0 Å². The van der Waals surface area contributed by atoms with Gasteiger partial charge in [0.25, 0.3) is 11.1 Å². The van der Waals surface area contributed by atoms with Gasteiger partial charge in [-0.1, -0.05) is 30.0 Å². The molecule has 1 atom stereocenters. The summed E-state index contributed by atoms with van der Waals surface area (Å²) >= 11 is 0.998. The van der Waals surface area contributed by atoms with E-state index in [0.717, 1.165) is 17.3 Å². The molecule has 3 rings (SSSR count). The number of rotatable bonds is 6. The molecule has 1 fully saturated rings. The minimum atomic E-state index is -0.400. The second kappa shape index (κ2) is 7.80. The van der Waals surface area contributed by atoms with Crippen molar-refractivity contribution in [3.63, 3.8) is 0 Å². The fourth-order valence-corrected chi connectivity index (χ4v) is 3.09. The van der Waals surface area contributed by atoms with Crippen LogP contribution in [0, 0.1) is 0 Å². The van der Waals surface area contributed by atoms with Gasteiger partial charge in [0.15, 0.2) is 6.61 Å². The average Bonchev–Trinajstić information content (AvgIpc) is 2.92. The number of aromatic nitrogens is 1. The van der Waals surface area contributed by atoms with Crippen molar-refractivity contribution in [2.45, 2.75) is 11.7 Å². The average molecular weight is 357 g/mol. The van der Waals surface area contributed by atoms with Gasteiger partial charge in [-0.15, -0.1) is 0 Å². The third-order valence-corrected chi connectivity index (χ3v) is 4.40. The van der Waals surface area contributed by atoms with E-state index in [2.05, 4.69) is 15.6 Å². The molecule has 7 nitrogen and oxygen atoms in total. The predicted molar refractivity (Wildman–Crippen MR) is 93.4 cm³/mol. The van der Waals surface area contributed by atoms with Gasteiger partial charge in [-0.3, -0.25) is 19.7 Å². The molecule has 2 heterocycles. The van der Waals surface area contributed by atoms with Crippen LogP contribution in [-0.4, -0.2) is 33.9 Å². The van der Waals surface area contributed by atoms with E-state index in [-0.39, 0.29) is 23.7 Å². The van der Waals surface area contributed by atoms with Crippen molar-refractivity contribution < 1.29 is 19.1 Å². The van der Waals surface area contributed by atoms with Crippen LogP contribution in [0.1, 0.15) is 5.56 Å². The quantitative estimate of drug-likeness (QED) is 0.821. The van der Waals surface area contributed by atoms with Crippen LogP contribution in [0.3, 0.4) is 0 Å². The molecule has 128 valence electrons. The summed E-state index contributed by atoms with van der Waals surface area (Å²) in [5.41, 5.74) is 0.910. The zero-order valence-electron chi connectivity index (χ0n) is 13.1. The summed E-state index contributed by atoms with van der Waals surface area (Å²) in [4.78, 5) is 38.5. The molecule has 1 saturated heterocycles. The van der Waals surface area contributed by atoms with Gasteiger partial charge in [-0.2, -0.15) is 0 Å². The van der Waals surface area contributed by atoms with Crippen LogP contribution in [0.5, 0.6) is 5.75 Å². The topological polar surface area (TPSA) is 97.4 Å². The number of nitrogens with one attached hydrogen (secondary N) is 2. The van der Waals surface area contributed by atoms with E-state index in [1.807, 2.05) is 12.1 Å². The number of nitrogens with zero attached hydrogens (tertiary/aromatic N) is 1. The minimum absolute atomic E-state index is 0.134. The Kier molecular flexibility index (Phi) is 5.30. The van der Waals surface area contributed by atoms with Gasteiger partial charge in [0, 0.05) is 6.20 Å². The lowest BCUT2D eigenvalue weighted by Crippen LogP contribution is -2.25. The van der Waals surface area contributed by atoms with Gasteiger partial charge in [0.2, 0.25) is 5.91 Å². The summed E-state index contributed by atoms with van der Waals surface area (Å²) in [6.07, 6.45) is 2.05. The number of hydrogen-bond donors (Lipinski definition) is 2. The van der Waals surface area contributed by atoms with Crippen LogP contribution in [0.25, 0.3) is 0 Å². The summed E-state index contributed by atoms with van der Waals surface area (Å²) in [5.74, 6) is 0.440. The molecule has 25 heavy (non-hydrogen) atoms. The second-order valence-corrected chi connectivity index (χ2v) is 6.46. The molecule has 0 aliphatic carbocycles. The first-order valence-corrected chi connectivity index (χ1v) is 8.42. The minimum Gasteiger partial charge on any atom is -0.484 e. The fourth-order valence-electron chi connectivity index (χ4n) is 2.23. The monoisotopic (exact) mass is 357 g/mol. The SMILES string of the molecule is O=C(COc1ccc(CC2SC(=O)NC2=O)cc1)Nc1ccccn1. The van der Waals surface area contributed by atoms with Gasteiger partial charge in [0.1, 0.15) is 11.6 Å². The lowest BCUT2D eigenvalue weighted by molar-refractivity contribution is -0.119. The number of ether oxygens (including phenoxy) is 1. The normalized spacial score (nSPS) is 16.4. The van der Waals surface area contributed by atoms with Crippen LogP contribution < -0.4 is 15.4 Å². The maximum Gasteiger partial charge on any atom is 0.286 e. The standard InChI is InChI=1S/C17H15N3O4S/c21-15(19-14-3-1-2-8-18-14)10-24-12-6-4-11(5-7-12)9-13-16(22)20-17(23)25-13/h1-8,13H,9-10H2,(H,18,19,21)(H,20,22,23). The zero-order chi connectivity index (χ0) is 17.6. The largest absolute Gasteiger partial charge is 0.484 e. The van der Waals surface area contributed by atoms with E-state index < -0.39 is 5.25 Å². The lowest BCUT2D eigenvalue weighted by Gasteiger charge is -2.09. The third kappa shape index (κ3) is 4.80. The number of carbonyl (C=O) groups is 3. The summed E-state index contributed by atoms with van der Waals surface area (Å²) in [7, 11) is 0. The molecule has 8 heteroatoms. The number of hydrogen-bond acceptors (Lipinski definition) is 6. The van der Waals surface area contributed by atoms with E-state index in [0.29, 0.717) is 18.0 Å².